The number of hydrogen-bond donors (Lipinski definition) is 1. The Morgan fingerprint density at radius 3 is 1.88 bits per heavy atom. The van der Waals surface area contributed by atoms with E-state index in [1.807, 2.05) is 12.2 Å². The number of hydrogen-bond acceptors (Lipinski definition) is 1. The fourth-order valence-electron chi connectivity index (χ4n) is 0.481. The van der Waals surface area contributed by atoms with Crippen molar-refractivity contribution in [3.8, 4) is 0 Å². The molecule has 0 aromatic carbocycles. The van der Waals surface area contributed by atoms with E-state index in [-0.39, 0.29) is 0 Å². The zero-order chi connectivity index (χ0) is 6.41. The predicted molar refractivity (Wildman–Crippen MR) is 42.4 cm³/mol. The molecule has 8 heavy (non-hydrogen) atoms. The van der Waals surface area contributed by atoms with E-state index in [1.165, 1.54) is 0 Å². The van der Waals surface area contributed by atoms with Crippen molar-refractivity contribution in [2.75, 3.05) is 0 Å². The minimum absolute atomic E-state index is 0.421. The zero-order valence-corrected chi connectivity index (χ0v) is 5.90. The normalized spacial score (nSPS) is 9.25. The molecule has 0 bridgehead atoms. The van der Waals surface area contributed by atoms with E-state index < -0.39 is 0 Å². The van der Waals surface area contributed by atoms with Gasteiger partial charge in [-0.15, -0.1) is 13.2 Å². The third-order valence-electron chi connectivity index (χ3n) is 0.877. The second-order valence-corrected chi connectivity index (χ2v) is 2.43. The predicted octanol–water partition coefficient (Wildman–Crippen LogP) is 2.44. The number of allylic oxidation sites excluding steroid dienone is 2. The standard InChI is InChI=1S/C7H12S/c1-3-5-7(8)6-4-2/h3-4,7-8H,1-2,5-6H2. The molecule has 0 saturated carbocycles. The maximum atomic E-state index is 4.25. The Balaban J connectivity index is 3.16. The van der Waals surface area contributed by atoms with Gasteiger partial charge in [-0.2, -0.15) is 12.6 Å². The number of thiol groups is 1. The van der Waals surface area contributed by atoms with Gasteiger partial charge in [0.2, 0.25) is 0 Å². The molecule has 0 aliphatic heterocycles. The van der Waals surface area contributed by atoms with Crippen LogP contribution in [-0.4, -0.2) is 5.25 Å². The third-order valence-corrected chi connectivity index (χ3v) is 1.30. The summed E-state index contributed by atoms with van der Waals surface area (Å²) in [4.78, 5) is 0. The molecule has 46 valence electrons. The van der Waals surface area contributed by atoms with Crippen molar-refractivity contribution >= 4 is 12.6 Å². The SMILES string of the molecule is C=CCC(S)CC=C. The maximum absolute atomic E-state index is 4.25. The van der Waals surface area contributed by atoms with Gasteiger partial charge in [0.1, 0.15) is 0 Å². The summed E-state index contributed by atoms with van der Waals surface area (Å²) in [6, 6.07) is 0. The van der Waals surface area contributed by atoms with Gasteiger partial charge in [0.05, 0.1) is 0 Å². The average Bonchev–Trinajstić information content (AvgIpc) is 1.68. The molecule has 0 N–H and O–H groups in total. The highest BCUT2D eigenvalue weighted by molar-refractivity contribution is 7.80. The zero-order valence-electron chi connectivity index (χ0n) is 5.01. The molecular weight excluding hydrogens is 116 g/mol. The monoisotopic (exact) mass is 128 g/mol. The Hall–Kier alpha value is -0.170. The first-order valence-electron chi connectivity index (χ1n) is 2.71. The first-order valence-corrected chi connectivity index (χ1v) is 3.22. The lowest BCUT2D eigenvalue weighted by molar-refractivity contribution is 0.901. The van der Waals surface area contributed by atoms with Gasteiger partial charge < -0.3 is 0 Å². The Morgan fingerprint density at radius 1 is 1.25 bits per heavy atom. The summed E-state index contributed by atoms with van der Waals surface area (Å²) in [6.07, 6.45) is 5.69. The third kappa shape index (κ3) is 4.00. The van der Waals surface area contributed by atoms with E-state index in [9.17, 15) is 0 Å². The van der Waals surface area contributed by atoms with Crippen LogP contribution in [0.4, 0.5) is 0 Å². The summed E-state index contributed by atoms with van der Waals surface area (Å²) in [7, 11) is 0. The van der Waals surface area contributed by atoms with E-state index >= 15 is 0 Å². The summed E-state index contributed by atoms with van der Waals surface area (Å²) in [5.41, 5.74) is 0. The Morgan fingerprint density at radius 2 is 1.62 bits per heavy atom. The first-order chi connectivity index (χ1) is 3.81. The molecule has 0 fully saturated rings. The molecule has 0 saturated heterocycles. The van der Waals surface area contributed by atoms with Crippen LogP contribution in [-0.2, 0) is 0 Å². The molecule has 0 rings (SSSR count). The lowest BCUT2D eigenvalue weighted by Gasteiger charge is -2.00. The molecule has 0 aliphatic carbocycles. The van der Waals surface area contributed by atoms with Crippen molar-refractivity contribution in [2.24, 2.45) is 0 Å². The molecular formula is C7H12S. The highest BCUT2D eigenvalue weighted by atomic mass is 32.1. The van der Waals surface area contributed by atoms with Gasteiger partial charge in [0.25, 0.3) is 0 Å². The largest absolute Gasteiger partial charge is 0.175 e. The van der Waals surface area contributed by atoms with Gasteiger partial charge in [-0.05, 0) is 12.8 Å². The van der Waals surface area contributed by atoms with E-state index in [0.717, 1.165) is 12.8 Å². The summed E-state index contributed by atoms with van der Waals surface area (Å²) in [5.74, 6) is 0. The molecule has 0 heterocycles. The first kappa shape index (κ1) is 7.83. The quantitative estimate of drug-likeness (QED) is 0.436. The molecule has 0 radical (unpaired) electrons. The summed E-state index contributed by atoms with van der Waals surface area (Å²) in [5, 5.41) is 0.421. The minimum atomic E-state index is 0.421. The second kappa shape index (κ2) is 4.98. The van der Waals surface area contributed by atoms with Crippen molar-refractivity contribution in [3.63, 3.8) is 0 Å². The Bertz CT molecular complexity index is 66.5. The number of rotatable bonds is 4. The maximum Gasteiger partial charge on any atom is 0.00855 e. The van der Waals surface area contributed by atoms with E-state index in [2.05, 4.69) is 25.8 Å². The van der Waals surface area contributed by atoms with Crippen molar-refractivity contribution in [1.29, 1.82) is 0 Å². The molecule has 0 spiro atoms. The van der Waals surface area contributed by atoms with Crippen LogP contribution in [0.15, 0.2) is 25.3 Å². The molecule has 0 unspecified atom stereocenters. The lowest BCUT2D eigenvalue weighted by Crippen LogP contribution is -1.92. The fourth-order valence-corrected chi connectivity index (χ4v) is 0.779. The van der Waals surface area contributed by atoms with Crippen LogP contribution in [0.2, 0.25) is 0 Å². The van der Waals surface area contributed by atoms with Crippen LogP contribution in [0.3, 0.4) is 0 Å². The molecule has 0 atom stereocenters. The van der Waals surface area contributed by atoms with Gasteiger partial charge in [0, 0.05) is 5.25 Å². The lowest BCUT2D eigenvalue weighted by atomic mass is 10.2. The topological polar surface area (TPSA) is 0 Å². The van der Waals surface area contributed by atoms with Crippen LogP contribution >= 0.6 is 12.6 Å². The van der Waals surface area contributed by atoms with E-state index in [0.29, 0.717) is 5.25 Å². The minimum Gasteiger partial charge on any atom is -0.175 e. The van der Waals surface area contributed by atoms with Gasteiger partial charge >= 0.3 is 0 Å². The highest BCUT2D eigenvalue weighted by Crippen LogP contribution is 2.06. The molecule has 0 aromatic heterocycles. The molecule has 0 amide bonds. The van der Waals surface area contributed by atoms with Gasteiger partial charge in [-0.3, -0.25) is 0 Å². The van der Waals surface area contributed by atoms with E-state index in [4.69, 9.17) is 0 Å². The van der Waals surface area contributed by atoms with Gasteiger partial charge in [-0.1, -0.05) is 12.2 Å². The second-order valence-electron chi connectivity index (χ2n) is 1.70. The van der Waals surface area contributed by atoms with Crippen LogP contribution in [0.25, 0.3) is 0 Å². The van der Waals surface area contributed by atoms with E-state index in [1.54, 1.807) is 0 Å². The Labute approximate surface area is 56.7 Å². The van der Waals surface area contributed by atoms with Crippen molar-refractivity contribution < 1.29 is 0 Å². The van der Waals surface area contributed by atoms with Crippen LogP contribution in [0.5, 0.6) is 0 Å². The van der Waals surface area contributed by atoms with Crippen molar-refractivity contribution in [1.82, 2.24) is 0 Å². The molecule has 0 aromatic rings. The van der Waals surface area contributed by atoms with Gasteiger partial charge in [0.15, 0.2) is 0 Å². The van der Waals surface area contributed by atoms with Crippen molar-refractivity contribution in [3.05, 3.63) is 25.3 Å². The highest BCUT2D eigenvalue weighted by Gasteiger charge is 1.93. The van der Waals surface area contributed by atoms with Gasteiger partial charge in [-0.25, -0.2) is 0 Å². The summed E-state index contributed by atoms with van der Waals surface area (Å²) in [6.45, 7) is 7.20. The summed E-state index contributed by atoms with van der Waals surface area (Å²) >= 11 is 4.25. The molecule has 1 heteroatoms. The average molecular weight is 128 g/mol. The Kier molecular flexibility index (Phi) is 4.87. The van der Waals surface area contributed by atoms with Crippen molar-refractivity contribution in [2.45, 2.75) is 18.1 Å². The fraction of sp³-hybridized carbons (Fsp3) is 0.429. The smallest absolute Gasteiger partial charge is 0.00855 e. The molecule has 0 aliphatic rings. The van der Waals surface area contributed by atoms with Crippen LogP contribution in [0, 0.1) is 0 Å². The van der Waals surface area contributed by atoms with Crippen LogP contribution < -0.4 is 0 Å². The molecule has 0 nitrogen and oxygen atoms in total. The summed E-state index contributed by atoms with van der Waals surface area (Å²) < 4.78 is 0. The van der Waals surface area contributed by atoms with Crippen LogP contribution in [0.1, 0.15) is 12.8 Å².